The van der Waals surface area contributed by atoms with Crippen LogP contribution in [-0.4, -0.2) is 49.0 Å². The predicted molar refractivity (Wildman–Crippen MR) is 107 cm³/mol. The van der Waals surface area contributed by atoms with Gasteiger partial charge in [-0.05, 0) is 44.8 Å². The minimum Gasteiger partial charge on any atom is -0.292 e. The average molecular weight is 333 g/mol. The van der Waals surface area contributed by atoms with Crippen molar-refractivity contribution in [3.05, 3.63) is 36.2 Å². The zero-order valence-electron chi connectivity index (χ0n) is 15.3. The van der Waals surface area contributed by atoms with Crippen molar-refractivity contribution in [3.8, 4) is 0 Å². The SMILES string of the molecule is C=C[N+](C)(C)C(C(CC(=S)C(C)=NC)=NC)=C1CCCCC1=C. The Labute approximate surface area is 146 Å². The average Bonchev–Trinajstić information content (AvgIpc) is 2.54. The van der Waals surface area contributed by atoms with Gasteiger partial charge in [0.25, 0.3) is 0 Å². The van der Waals surface area contributed by atoms with Crippen LogP contribution in [0.2, 0.25) is 0 Å². The van der Waals surface area contributed by atoms with Crippen LogP contribution in [0.5, 0.6) is 0 Å². The van der Waals surface area contributed by atoms with Crippen LogP contribution in [0.25, 0.3) is 0 Å². The van der Waals surface area contributed by atoms with Crippen LogP contribution in [0.4, 0.5) is 0 Å². The molecule has 3 nitrogen and oxygen atoms in total. The zero-order valence-corrected chi connectivity index (χ0v) is 16.1. The fourth-order valence-corrected chi connectivity index (χ4v) is 3.10. The topological polar surface area (TPSA) is 24.7 Å². The van der Waals surface area contributed by atoms with E-state index in [1.165, 1.54) is 29.7 Å². The van der Waals surface area contributed by atoms with Gasteiger partial charge in [-0.3, -0.25) is 14.5 Å². The van der Waals surface area contributed by atoms with Gasteiger partial charge in [-0.25, -0.2) is 0 Å². The first-order valence-electron chi connectivity index (χ1n) is 8.10. The third-order valence-corrected chi connectivity index (χ3v) is 4.95. The van der Waals surface area contributed by atoms with Gasteiger partial charge < -0.3 is 0 Å². The summed E-state index contributed by atoms with van der Waals surface area (Å²) in [6.45, 7) is 10.3. The van der Waals surface area contributed by atoms with Crippen LogP contribution in [0.3, 0.4) is 0 Å². The summed E-state index contributed by atoms with van der Waals surface area (Å²) < 4.78 is 0.575. The Balaban J connectivity index is 3.39. The van der Waals surface area contributed by atoms with Gasteiger partial charge in [0.1, 0.15) is 5.71 Å². The number of allylic oxidation sites excluding steroid dienone is 3. The second-order valence-electron chi connectivity index (χ2n) is 6.44. The molecule has 0 aromatic carbocycles. The lowest BCUT2D eigenvalue weighted by molar-refractivity contribution is -0.793. The maximum Gasteiger partial charge on any atom is 0.162 e. The third-order valence-electron chi connectivity index (χ3n) is 4.51. The van der Waals surface area contributed by atoms with Crippen LogP contribution in [-0.2, 0) is 0 Å². The molecule has 0 unspecified atom stereocenters. The highest BCUT2D eigenvalue weighted by Crippen LogP contribution is 2.34. The number of hydrogen-bond acceptors (Lipinski definition) is 3. The smallest absolute Gasteiger partial charge is 0.162 e. The monoisotopic (exact) mass is 332 g/mol. The highest BCUT2D eigenvalue weighted by Gasteiger charge is 2.31. The highest BCUT2D eigenvalue weighted by molar-refractivity contribution is 7.82. The summed E-state index contributed by atoms with van der Waals surface area (Å²) in [6.07, 6.45) is 7.11. The fourth-order valence-electron chi connectivity index (χ4n) is 2.87. The normalized spacial score (nSPS) is 19.6. The molecule has 1 aliphatic carbocycles. The van der Waals surface area contributed by atoms with Crippen molar-refractivity contribution in [2.24, 2.45) is 9.98 Å². The third kappa shape index (κ3) is 4.79. The molecule has 23 heavy (non-hydrogen) atoms. The Morgan fingerprint density at radius 1 is 1.22 bits per heavy atom. The first-order chi connectivity index (χ1) is 10.8. The van der Waals surface area contributed by atoms with Gasteiger partial charge in [0.2, 0.25) is 0 Å². The fraction of sp³-hybridized carbons (Fsp3) is 0.526. The number of quaternary nitrogens is 1. The second-order valence-corrected chi connectivity index (χ2v) is 6.93. The number of aliphatic imine (C=N–C) groups is 2. The van der Waals surface area contributed by atoms with Gasteiger partial charge in [-0.15, -0.1) is 0 Å². The van der Waals surface area contributed by atoms with E-state index in [9.17, 15) is 0 Å². The Morgan fingerprint density at radius 3 is 2.30 bits per heavy atom. The molecule has 1 fully saturated rings. The van der Waals surface area contributed by atoms with Gasteiger partial charge >= 0.3 is 0 Å². The van der Waals surface area contributed by atoms with E-state index in [0.717, 1.165) is 29.1 Å². The summed E-state index contributed by atoms with van der Waals surface area (Å²) in [5.74, 6) is 0. The van der Waals surface area contributed by atoms with Gasteiger partial charge in [0.05, 0.1) is 20.3 Å². The van der Waals surface area contributed by atoms with Gasteiger partial charge in [0, 0.05) is 36.7 Å². The summed E-state index contributed by atoms with van der Waals surface area (Å²) in [5.41, 5.74) is 5.67. The number of nitrogens with zero attached hydrogens (tertiary/aromatic N) is 3. The minimum atomic E-state index is 0.575. The molecule has 0 aliphatic heterocycles. The second kappa shape index (κ2) is 8.46. The molecule has 1 rings (SSSR count). The van der Waals surface area contributed by atoms with E-state index in [4.69, 9.17) is 12.2 Å². The van der Waals surface area contributed by atoms with E-state index in [0.29, 0.717) is 10.9 Å². The van der Waals surface area contributed by atoms with E-state index in [1.807, 2.05) is 20.2 Å². The summed E-state index contributed by atoms with van der Waals surface area (Å²) in [6, 6.07) is 0. The van der Waals surface area contributed by atoms with Crippen molar-refractivity contribution in [1.29, 1.82) is 0 Å². The molecule has 4 heteroatoms. The zero-order chi connectivity index (χ0) is 17.6. The summed E-state index contributed by atoms with van der Waals surface area (Å²) >= 11 is 5.54. The molecule has 0 aromatic heterocycles. The quantitative estimate of drug-likeness (QED) is 0.399. The van der Waals surface area contributed by atoms with Crippen molar-refractivity contribution in [1.82, 2.24) is 0 Å². The van der Waals surface area contributed by atoms with Gasteiger partial charge in [0.15, 0.2) is 5.70 Å². The Morgan fingerprint density at radius 2 is 1.83 bits per heavy atom. The molecule has 126 valence electrons. The molecule has 0 bridgehead atoms. The van der Waals surface area contributed by atoms with E-state index in [2.05, 4.69) is 37.2 Å². The summed E-state index contributed by atoms with van der Waals surface area (Å²) in [7, 11) is 7.88. The number of thiocarbonyl (C=S) groups is 1. The number of hydrogen-bond donors (Lipinski definition) is 0. The van der Waals surface area contributed by atoms with E-state index in [-0.39, 0.29) is 0 Å². The lowest BCUT2D eigenvalue weighted by Gasteiger charge is -2.32. The maximum absolute atomic E-state index is 5.54. The van der Waals surface area contributed by atoms with Crippen molar-refractivity contribution >= 4 is 28.5 Å². The van der Waals surface area contributed by atoms with Crippen molar-refractivity contribution in [2.75, 3.05) is 28.2 Å². The van der Waals surface area contributed by atoms with Crippen molar-refractivity contribution in [2.45, 2.75) is 39.0 Å². The van der Waals surface area contributed by atoms with E-state index >= 15 is 0 Å². The minimum absolute atomic E-state index is 0.575. The van der Waals surface area contributed by atoms with Crippen LogP contribution in [0.1, 0.15) is 39.0 Å². The standard InChI is InChI=1S/C19H30N3S/c1-8-22(6,7)19(16-12-10-9-11-14(16)2)17(21-5)13-18(23)15(3)20-4/h8H,1-2,9-13H2,3-7H3/q+1. The molecule has 0 saturated heterocycles. The number of rotatable bonds is 6. The molecular formula is C19H30N3S+. The summed E-state index contributed by atoms with van der Waals surface area (Å²) in [5, 5.41) is 0. The maximum atomic E-state index is 5.54. The van der Waals surface area contributed by atoms with E-state index in [1.54, 1.807) is 7.05 Å². The Bertz CT molecular complexity index is 592. The largest absolute Gasteiger partial charge is 0.292 e. The molecule has 1 saturated carbocycles. The molecule has 1 aliphatic rings. The van der Waals surface area contributed by atoms with Crippen LogP contribution < -0.4 is 0 Å². The molecule has 0 amide bonds. The van der Waals surface area contributed by atoms with Crippen molar-refractivity contribution < 1.29 is 4.48 Å². The van der Waals surface area contributed by atoms with Crippen LogP contribution in [0, 0.1) is 0 Å². The molecule has 0 spiro atoms. The lowest BCUT2D eigenvalue weighted by Crippen LogP contribution is -2.38. The molecule has 0 atom stereocenters. The molecule has 0 N–H and O–H groups in total. The van der Waals surface area contributed by atoms with Gasteiger partial charge in [-0.2, -0.15) is 0 Å². The predicted octanol–water partition coefficient (Wildman–Crippen LogP) is 4.51. The lowest BCUT2D eigenvalue weighted by atomic mass is 9.86. The molecular weight excluding hydrogens is 302 g/mol. The van der Waals surface area contributed by atoms with E-state index < -0.39 is 0 Å². The van der Waals surface area contributed by atoms with Crippen LogP contribution >= 0.6 is 12.2 Å². The molecule has 0 heterocycles. The Kier molecular flexibility index (Phi) is 7.23. The molecule has 0 aromatic rings. The first-order valence-corrected chi connectivity index (χ1v) is 8.51. The van der Waals surface area contributed by atoms with Crippen LogP contribution in [0.15, 0.2) is 46.2 Å². The first kappa shape index (κ1) is 19.7. The molecule has 0 radical (unpaired) electrons. The summed E-state index contributed by atoms with van der Waals surface area (Å²) in [4.78, 5) is 9.63. The van der Waals surface area contributed by atoms with Crippen molar-refractivity contribution in [3.63, 3.8) is 0 Å². The van der Waals surface area contributed by atoms with Gasteiger partial charge in [-0.1, -0.05) is 18.8 Å². The Hall–Kier alpha value is -1.39. The highest BCUT2D eigenvalue weighted by atomic mass is 32.1.